The van der Waals surface area contributed by atoms with Gasteiger partial charge in [-0.05, 0) is 37.5 Å². The van der Waals surface area contributed by atoms with Crippen LogP contribution < -0.4 is 16.0 Å². The molecule has 3 N–H and O–H groups in total. The first-order chi connectivity index (χ1) is 13.1. The van der Waals surface area contributed by atoms with Gasteiger partial charge >= 0.3 is 6.03 Å². The molecule has 0 saturated heterocycles. The zero-order valence-corrected chi connectivity index (χ0v) is 17.4. The molecule has 1 fully saturated rings. The highest BCUT2D eigenvalue weighted by Gasteiger charge is 2.16. The number of aromatic nitrogens is 1. The summed E-state index contributed by atoms with van der Waals surface area (Å²) in [5.74, 6) is -0.0642. The highest BCUT2D eigenvalue weighted by molar-refractivity contribution is 9.10. The molecular formula is C19H23BrN4O2S. The number of nitrogens with one attached hydrogen (secondary N) is 3. The topological polar surface area (TPSA) is 83.1 Å². The fraction of sp³-hybridized carbons (Fsp3) is 0.421. The van der Waals surface area contributed by atoms with Crippen LogP contribution in [0.2, 0.25) is 0 Å². The fourth-order valence-corrected chi connectivity index (χ4v) is 4.22. The minimum atomic E-state index is -0.199. The second-order valence-electron chi connectivity index (χ2n) is 6.64. The number of thiazole rings is 1. The molecule has 27 heavy (non-hydrogen) atoms. The Bertz CT molecular complexity index is 790. The molecule has 0 unspecified atom stereocenters. The van der Waals surface area contributed by atoms with Gasteiger partial charge in [-0.1, -0.05) is 41.3 Å². The quantitative estimate of drug-likeness (QED) is 0.582. The van der Waals surface area contributed by atoms with Crippen LogP contribution in [0.3, 0.4) is 0 Å². The molecule has 8 heteroatoms. The van der Waals surface area contributed by atoms with E-state index in [-0.39, 0.29) is 18.0 Å². The molecule has 1 aromatic carbocycles. The Morgan fingerprint density at radius 1 is 1.19 bits per heavy atom. The Morgan fingerprint density at radius 2 is 2.00 bits per heavy atom. The molecule has 0 radical (unpaired) electrons. The number of aryl methyl sites for hydroxylation is 1. The summed E-state index contributed by atoms with van der Waals surface area (Å²) in [6.07, 6.45) is 6.56. The average Bonchev–Trinajstić information content (AvgIpc) is 3.08. The number of hydrogen-bond donors (Lipinski definition) is 3. The molecule has 3 rings (SSSR count). The number of nitrogens with zero attached hydrogens (tertiary/aromatic N) is 1. The summed E-state index contributed by atoms with van der Waals surface area (Å²) >= 11 is 4.76. The second kappa shape index (κ2) is 9.85. The SMILES string of the molecule is O=C(CCc1csc(NC(=O)NC2CCCCC2)n1)Nc1cccc(Br)c1. The van der Waals surface area contributed by atoms with E-state index in [1.165, 1.54) is 30.6 Å². The number of hydrogen-bond acceptors (Lipinski definition) is 4. The van der Waals surface area contributed by atoms with E-state index >= 15 is 0 Å². The van der Waals surface area contributed by atoms with Gasteiger partial charge in [0.15, 0.2) is 5.13 Å². The maximum atomic E-state index is 12.1. The third kappa shape index (κ3) is 6.62. The van der Waals surface area contributed by atoms with Gasteiger partial charge in [0.25, 0.3) is 0 Å². The minimum absolute atomic E-state index is 0.0642. The van der Waals surface area contributed by atoms with Crippen molar-refractivity contribution in [3.8, 4) is 0 Å². The van der Waals surface area contributed by atoms with Gasteiger partial charge in [-0.25, -0.2) is 9.78 Å². The minimum Gasteiger partial charge on any atom is -0.335 e. The van der Waals surface area contributed by atoms with E-state index in [0.29, 0.717) is 18.0 Å². The zero-order chi connectivity index (χ0) is 19.1. The normalized spacial score (nSPS) is 14.6. The lowest BCUT2D eigenvalue weighted by Crippen LogP contribution is -2.38. The van der Waals surface area contributed by atoms with E-state index in [2.05, 4.69) is 36.9 Å². The Labute approximate surface area is 171 Å². The molecule has 2 aromatic rings. The largest absolute Gasteiger partial charge is 0.335 e. The third-order valence-electron chi connectivity index (χ3n) is 4.43. The molecule has 1 saturated carbocycles. The fourth-order valence-electron chi connectivity index (χ4n) is 3.08. The predicted molar refractivity (Wildman–Crippen MR) is 112 cm³/mol. The third-order valence-corrected chi connectivity index (χ3v) is 5.73. The molecule has 0 spiro atoms. The first-order valence-corrected chi connectivity index (χ1v) is 10.8. The Morgan fingerprint density at radius 3 is 2.78 bits per heavy atom. The van der Waals surface area contributed by atoms with Crippen molar-refractivity contribution in [2.24, 2.45) is 0 Å². The summed E-state index contributed by atoms with van der Waals surface area (Å²) in [7, 11) is 0. The van der Waals surface area contributed by atoms with E-state index in [1.54, 1.807) is 0 Å². The molecule has 1 aliphatic rings. The van der Waals surface area contributed by atoms with Crippen LogP contribution in [0.25, 0.3) is 0 Å². The molecular weight excluding hydrogens is 428 g/mol. The van der Waals surface area contributed by atoms with E-state index in [4.69, 9.17) is 0 Å². The average molecular weight is 451 g/mol. The van der Waals surface area contributed by atoms with Crippen LogP contribution in [-0.4, -0.2) is 23.0 Å². The monoisotopic (exact) mass is 450 g/mol. The van der Waals surface area contributed by atoms with Gasteiger partial charge in [0.2, 0.25) is 5.91 Å². The first-order valence-electron chi connectivity index (χ1n) is 9.16. The van der Waals surface area contributed by atoms with Crippen LogP contribution in [0, 0.1) is 0 Å². The van der Waals surface area contributed by atoms with E-state index < -0.39 is 0 Å². The molecule has 1 aliphatic carbocycles. The number of carbonyl (C=O) groups is 2. The van der Waals surface area contributed by atoms with Gasteiger partial charge in [-0.3, -0.25) is 10.1 Å². The number of amides is 3. The second-order valence-corrected chi connectivity index (χ2v) is 8.41. The molecule has 1 aromatic heterocycles. The van der Waals surface area contributed by atoms with Crippen LogP contribution in [0.15, 0.2) is 34.1 Å². The van der Waals surface area contributed by atoms with Crippen molar-refractivity contribution in [1.82, 2.24) is 10.3 Å². The number of benzene rings is 1. The molecule has 144 valence electrons. The smallest absolute Gasteiger partial charge is 0.321 e. The van der Waals surface area contributed by atoms with Gasteiger partial charge < -0.3 is 10.6 Å². The standard InChI is InChI=1S/C19H23BrN4O2S/c20-13-5-4-8-15(11-13)21-17(25)10-9-16-12-27-19(23-16)24-18(26)22-14-6-2-1-3-7-14/h4-5,8,11-12,14H,1-3,6-7,9-10H2,(H,21,25)(H2,22,23,24,26). The van der Waals surface area contributed by atoms with Crippen molar-refractivity contribution in [1.29, 1.82) is 0 Å². The summed E-state index contributed by atoms with van der Waals surface area (Å²) in [4.78, 5) is 28.5. The van der Waals surface area contributed by atoms with Crippen LogP contribution in [-0.2, 0) is 11.2 Å². The summed E-state index contributed by atoms with van der Waals surface area (Å²) in [6, 6.07) is 7.54. The highest BCUT2D eigenvalue weighted by Crippen LogP contribution is 2.20. The van der Waals surface area contributed by atoms with Crippen LogP contribution in [0.5, 0.6) is 0 Å². The summed E-state index contributed by atoms with van der Waals surface area (Å²) in [5, 5.41) is 11.1. The molecule has 1 heterocycles. The molecule has 6 nitrogen and oxygen atoms in total. The van der Waals surface area contributed by atoms with Gasteiger partial charge in [-0.2, -0.15) is 0 Å². The van der Waals surface area contributed by atoms with Crippen LogP contribution >= 0.6 is 27.3 Å². The zero-order valence-electron chi connectivity index (χ0n) is 15.0. The molecule has 0 bridgehead atoms. The lowest BCUT2D eigenvalue weighted by Gasteiger charge is -2.22. The van der Waals surface area contributed by atoms with Gasteiger partial charge in [0.1, 0.15) is 0 Å². The van der Waals surface area contributed by atoms with Crippen LogP contribution in [0.4, 0.5) is 15.6 Å². The van der Waals surface area contributed by atoms with Crippen LogP contribution in [0.1, 0.15) is 44.2 Å². The maximum Gasteiger partial charge on any atom is 0.321 e. The van der Waals surface area contributed by atoms with E-state index in [9.17, 15) is 9.59 Å². The molecule has 3 amide bonds. The van der Waals surface area contributed by atoms with Crippen molar-refractivity contribution in [2.45, 2.75) is 51.0 Å². The van der Waals surface area contributed by atoms with Crippen molar-refractivity contribution < 1.29 is 9.59 Å². The predicted octanol–water partition coefficient (Wildman–Crippen LogP) is 4.93. The Hall–Kier alpha value is -1.93. The van der Waals surface area contributed by atoms with Crippen molar-refractivity contribution in [3.05, 3.63) is 39.8 Å². The first kappa shape index (κ1) is 19.8. The lowest BCUT2D eigenvalue weighted by molar-refractivity contribution is -0.116. The Balaban J connectivity index is 1.42. The molecule has 0 aliphatic heterocycles. The summed E-state index contributed by atoms with van der Waals surface area (Å²) < 4.78 is 0.919. The molecule has 0 atom stereocenters. The van der Waals surface area contributed by atoms with Crippen molar-refractivity contribution in [3.63, 3.8) is 0 Å². The summed E-state index contributed by atoms with van der Waals surface area (Å²) in [5.41, 5.74) is 1.56. The van der Waals surface area contributed by atoms with Crippen molar-refractivity contribution >= 4 is 50.0 Å². The van der Waals surface area contributed by atoms with Gasteiger partial charge in [0.05, 0.1) is 5.69 Å². The number of anilines is 2. The maximum absolute atomic E-state index is 12.1. The Kier molecular flexibility index (Phi) is 7.23. The number of halogens is 1. The summed E-state index contributed by atoms with van der Waals surface area (Å²) in [6.45, 7) is 0. The number of carbonyl (C=O) groups excluding carboxylic acids is 2. The lowest BCUT2D eigenvalue weighted by atomic mass is 9.96. The number of urea groups is 1. The van der Waals surface area contributed by atoms with Gasteiger partial charge in [-0.15, -0.1) is 11.3 Å². The number of rotatable bonds is 6. The van der Waals surface area contributed by atoms with Gasteiger partial charge in [0, 0.05) is 28.0 Å². The highest BCUT2D eigenvalue weighted by atomic mass is 79.9. The van der Waals surface area contributed by atoms with E-state index in [0.717, 1.165) is 28.7 Å². The van der Waals surface area contributed by atoms with E-state index in [1.807, 2.05) is 29.6 Å². The van der Waals surface area contributed by atoms with Crippen molar-refractivity contribution in [2.75, 3.05) is 10.6 Å².